The van der Waals surface area contributed by atoms with E-state index in [-0.39, 0.29) is 11.3 Å². The number of carbonyl (C=O) groups excluding carboxylic acids is 1. The SMILES string of the molecule is CC[C@@H](Oc1cccc(OC)c1)C(=O)N1CCCC(C)(C)C1. The van der Waals surface area contributed by atoms with E-state index in [1.54, 1.807) is 7.11 Å². The van der Waals surface area contributed by atoms with Gasteiger partial charge in [0.2, 0.25) is 0 Å². The van der Waals surface area contributed by atoms with E-state index in [0.29, 0.717) is 12.2 Å². The molecule has 0 unspecified atom stereocenters. The van der Waals surface area contributed by atoms with Gasteiger partial charge in [-0.15, -0.1) is 0 Å². The van der Waals surface area contributed by atoms with Crippen molar-refractivity contribution in [3.8, 4) is 11.5 Å². The Morgan fingerprint density at radius 3 is 2.73 bits per heavy atom. The van der Waals surface area contributed by atoms with Gasteiger partial charge in [-0.2, -0.15) is 0 Å². The van der Waals surface area contributed by atoms with Crippen molar-refractivity contribution in [3.05, 3.63) is 24.3 Å². The fraction of sp³-hybridized carbons (Fsp3) is 0.611. The van der Waals surface area contributed by atoms with Crippen LogP contribution in [0.3, 0.4) is 0 Å². The Bertz CT molecular complexity index is 513. The molecule has 1 aromatic rings. The van der Waals surface area contributed by atoms with Crippen LogP contribution < -0.4 is 9.47 Å². The fourth-order valence-electron chi connectivity index (χ4n) is 2.96. The monoisotopic (exact) mass is 305 g/mol. The number of rotatable bonds is 5. The van der Waals surface area contributed by atoms with Crippen molar-refractivity contribution in [2.75, 3.05) is 20.2 Å². The maximum Gasteiger partial charge on any atom is 0.263 e. The number of methoxy groups -OCH3 is 1. The Labute approximate surface area is 133 Å². The summed E-state index contributed by atoms with van der Waals surface area (Å²) in [7, 11) is 1.62. The average Bonchev–Trinajstić information content (AvgIpc) is 2.51. The lowest BCUT2D eigenvalue weighted by Gasteiger charge is -2.39. The third-order valence-electron chi connectivity index (χ3n) is 4.18. The molecule has 0 aromatic heterocycles. The number of hydrogen-bond donors (Lipinski definition) is 0. The number of carbonyl (C=O) groups is 1. The molecule has 0 radical (unpaired) electrons. The van der Waals surface area contributed by atoms with Crippen LogP contribution in [0.2, 0.25) is 0 Å². The van der Waals surface area contributed by atoms with Crippen molar-refractivity contribution in [1.82, 2.24) is 4.90 Å². The first-order chi connectivity index (χ1) is 10.4. The summed E-state index contributed by atoms with van der Waals surface area (Å²) in [5.41, 5.74) is 0.197. The quantitative estimate of drug-likeness (QED) is 0.835. The van der Waals surface area contributed by atoms with Crippen molar-refractivity contribution < 1.29 is 14.3 Å². The number of hydrogen-bond acceptors (Lipinski definition) is 3. The molecule has 1 saturated heterocycles. The maximum atomic E-state index is 12.7. The summed E-state index contributed by atoms with van der Waals surface area (Å²) >= 11 is 0. The lowest BCUT2D eigenvalue weighted by atomic mass is 9.84. The largest absolute Gasteiger partial charge is 0.497 e. The molecule has 0 N–H and O–H groups in total. The molecule has 0 bridgehead atoms. The molecule has 1 heterocycles. The molecule has 122 valence electrons. The second-order valence-corrected chi connectivity index (χ2v) is 6.72. The zero-order chi connectivity index (χ0) is 16.2. The van der Waals surface area contributed by atoms with E-state index in [4.69, 9.17) is 9.47 Å². The van der Waals surface area contributed by atoms with Gasteiger partial charge in [-0.3, -0.25) is 4.79 Å². The smallest absolute Gasteiger partial charge is 0.263 e. The molecule has 0 aliphatic carbocycles. The second-order valence-electron chi connectivity index (χ2n) is 6.72. The van der Waals surface area contributed by atoms with Gasteiger partial charge in [0, 0.05) is 19.2 Å². The predicted molar refractivity (Wildman–Crippen MR) is 87.3 cm³/mol. The van der Waals surface area contributed by atoms with Crippen molar-refractivity contribution in [1.29, 1.82) is 0 Å². The number of nitrogens with zero attached hydrogens (tertiary/aromatic N) is 1. The van der Waals surface area contributed by atoms with E-state index in [9.17, 15) is 4.79 Å². The highest BCUT2D eigenvalue weighted by atomic mass is 16.5. The van der Waals surface area contributed by atoms with Crippen LogP contribution in [0.25, 0.3) is 0 Å². The third kappa shape index (κ3) is 4.15. The van der Waals surface area contributed by atoms with Crippen LogP contribution in [0, 0.1) is 5.41 Å². The Balaban J connectivity index is 2.05. The Kier molecular flexibility index (Phi) is 5.33. The topological polar surface area (TPSA) is 38.8 Å². The summed E-state index contributed by atoms with van der Waals surface area (Å²) in [6, 6.07) is 7.41. The standard InChI is InChI=1S/C18H27NO3/c1-5-16(22-15-9-6-8-14(12-15)21-4)17(20)19-11-7-10-18(2,3)13-19/h6,8-9,12,16H,5,7,10-11,13H2,1-4H3/t16-/m1/s1. The van der Waals surface area contributed by atoms with Crippen LogP contribution in [0.5, 0.6) is 11.5 Å². The van der Waals surface area contributed by atoms with Crippen molar-refractivity contribution in [2.24, 2.45) is 5.41 Å². The molecule has 0 saturated carbocycles. The van der Waals surface area contributed by atoms with Crippen LogP contribution >= 0.6 is 0 Å². The average molecular weight is 305 g/mol. The van der Waals surface area contributed by atoms with E-state index >= 15 is 0 Å². The zero-order valence-corrected chi connectivity index (χ0v) is 14.1. The third-order valence-corrected chi connectivity index (χ3v) is 4.18. The van der Waals surface area contributed by atoms with Gasteiger partial charge in [0.25, 0.3) is 5.91 Å². The van der Waals surface area contributed by atoms with E-state index in [0.717, 1.165) is 25.3 Å². The van der Waals surface area contributed by atoms with Crippen LogP contribution in [0.15, 0.2) is 24.3 Å². The van der Waals surface area contributed by atoms with E-state index in [2.05, 4.69) is 13.8 Å². The summed E-state index contributed by atoms with van der Waals surface area (Å²) in [6.45, 7) is 8.06. The molecule has 0 spiro atoms. The van der Waals surface area contributed by atoms with Gasteiger partial charge in [0.15, 0.2) is 6.10 Å². The van der Waals surface area contributed by atoms with E-state index in [1.807, 2.05) is 36.1 Å². The summed E-state index contributed by atoms with van der Waals surface area (Å²) in [5.74, 6) is 1.51. The number of likely N-dealkylation sites (tertiary alicyclic amines) is 1. The van der Waals surface area contributed by atoms with Crippen LogP contribution in [-0.2, 0) is 4.79 Å². The van der Waals surface area contributed by atoms with E-state index < -0.39 is 6.10 Å². The molecule has 1 aliphatic heterocycles. The predicted octanol–water partition coefficient (Wildman–Crippen LogP) is 3.50. The molecular weight excluding hydrogens is 278 g/mol. The molecule has 1 aromatic carbocycles. The molecule has 1 amide bonds. The number of piperidine rings is 1. The van der Waals surface area contributed by atoms with Crippen molar-refractivity contribution in [3.63, 3.8) is 0 Å². The molecule has 4 nitrogen and oxygen atoms in total. The highest BCUT2D eigenvalue weighted by Crippen LogP contribution is 2.29. The lowest BCUT2D eigenvalue weighted by molar-refractivity contribution is -0.142. The van der Waals surface area contributed by atoms with Crippen LogP contribution in [0.4, 0.5) is 0 Å². The molecular formula is C18H27NO3. The molecule has 1 atom stereocenters. The van der Waals surface area contributed by atoms with Gasteiger partial charge in [-0.05, 0) is 36.8 Å². The molecule has 2 rings (SSSR count). The number of amides is 1. The number of ether oxygens (including phenoxy) is 2. The minimum absolute atomic E-state index is 0.0955. The highest BCUT2D eigenvalue weighted by molar-refractivity contribution is 5.81. The number of benzene rings is 1. The first kappa shape index (κ1) is 16.7. The minimum atomic E-state index is -0.430. The van der Waals surface area contributed by atoms with Gasteiger partial charge >= 0.3 is 0 Å². The van der Waals surface area contributed by atoms with Gasteiger partial charge < -0.3 is 14.4 Å². The molecule has 1 aliphatic rings. The normalized spacial score (nSPS) is 18.6. The fourth-order valence-corrected chi connectivity index (χ4v) is 2.96. The van der Waals surface area contributed by atoms with Gasteiger partial charge in [-0.1, -0.05) is 26.8 Å². The zero-order valence-electron chi connectivity index (χ0n) is 14.1. The van der Waals surface area contributed by atoms with Crippen molar-refractivity contribution in [2.45, 2.75) is 46.1 Å². The molecule has 4 heteroatoms. The van der Waals surface area contributed by atoms with Gasteiger partial charge in [0.1, 0.15) is 11.5 Å². The summed E-state index contributed by atoms with van der Waals surface area (Å²) < 4.78 is 11.1. The molecule has 1 fully saturated rings. The summed E-state index contributed by atoms with van der Waals surface area (Å²) in [5, 5.41) is 0. The Hall–Kier alpha value is -1.71. The van der Waals surface area contributed by atoms with E-state index in [1.165, 1.54) is 6.42 Å². The van der Waals surface area contributed by atoms with Gasteiger partial charge in [-0.25, -0.2) is 0 Å². The molecule has 22 heavy (non-hydrogen) atoms. The highest BCUT2D eigenvalue weighted by Gasteiger charge is 2.32. The summed E-state index contributed by atoms with van der Waals surface area (Å²) in [4.78, 5) is 14.7. The van der Waals surface area contributed by atoms with Crippen LogP contribution in [0.1, 0.15) is 40.0 Å². The lowest BCUT2D eigenvalue weighted by Crippen LogP contribution is -2.48. The first-order valence-corrected chi connectivity index (χ1v) is 8.04. The maximum absolute atomic E-state index is 12.7. The first-order valence-electron chi connectivity index (χ1n) is 8.04. The van der Waals surface area contributed by atoms with Crippen LogP contribution in [-0.4, -0.2) is 37.1 Å². The van der Waals surface area contributed by atoms with Crippen molar-refractivity contribution >= 4 is 5.91 Å². The van der Waals surface area contributed by atoms with Gasteiger partial charge in [0.05, 0.1) is 7.11 Å². The Morgan fingerprint density at radius 1 is 1.36 bits per heavy atom. The second kappa shape index (κ2) is 7.03. The summed E-state index contributed by atoms with van der Waals surface area (Å²) in [6.07, 6.45) is 2.46. The Morgan fingerprint density at radius 2 is 2.09 bits per heavy atom. The minimum Gasteiger partial charge on any atom is -0.497 e.